The Morgan fingerprint density at radius 3 is 2.53 bits per heavy atom. The molecular weight excluding hydrogens is 491 g/mol. The number of pyridine rings is 1. The Morgan fingerprint density at radius 1 is 1.03 bits per heavy atom. The molecule has 11 nitrogen and oxygen atoms in total. The van der Waals surface area contributed by atoms with Crippen LogP contribution in [0.4, 0.5) is 15.8 Å². The topological polar surface area (TPSA) is 160 Å². The predicted molar refractivity (Wildman–Crippen MR) is 146 cm³/mol. The molecule has 1 aliphatic heterocycles. The maximum Gasteiger partial charge on any atom is 0.325 e. The van der Waals surface area contributed by atoms with Crippen molar-refractivity contribution in [1.29, 1.82) is 0 Å². The maximum atomic E-state index is 12.7. The van der Waals surface area contributed by atoms with Crippen LogP contribution in [0.5, 0.6) is 0 Å². The number of nitrogen functional groups attached to an aromatic ring is 1. The standard InChI is InChI=1S/C22H24N6O.C4H3FN2O2/c1-27(2)14-9-10-28(12-14)13-7-8-17-18(11-13)25-21(24-17)19-20(23)15-5-3-4-6-16(15)26-22(19)29;5-2-1-6-4(9)7-3(2)8/h3-8,11,14H,9-10,12H2,1-2H3,(H,24,25)(H3,23,26,29);1H,(H2,6,7,8,9)/t14-;/m0./s1. The van der Waals surface area contributed by atoms with E-state index in [1.54, 1.807) is 4.98 Å². The van der Waals surface area contributed by atoms with Crippen LogP contribution in [0.1, 0.15) is 6.42 Å². The van der Waals surface area contributed by atoms with Gasteiger partial charge in [0, 0.05) is 36.4 Å². The van der Waals surface area contributed by atoms with E-state index in [-0.39, 0.29) is 5.56 Å². The van der Waals surface area contributed by atoms with Gasteiger partial charge in [-0.25, -0.2) is 9.78 Å². The van der Waals surface area contributed by atoms with Gasteiger partial charge in [-0.05, 0) is 44.8 Å². The van der Waals surface area contributed by atoms with Crippen molar-refractivity contribution in [1.82, 2.24) is 29.8 Å². The second-order valence-corrected chi connectivity index (χ2v) is 9.35. The zero-order valence-electron chi connectivity index (χ0n) is 20.8. The van der Waals surface area contributed by atoms with Crippen molar-refractivity contribution in [3.8, 4) is 11.4 Å². The van der Waals surface area contributed by atoms with E-state index in [4.69, 9.17) is 5.73 Å². The van der Waals surface area contributed by atoms with Gasteiger partial charge in [-0.3, -0.25) is 14.6 Å². The Morgan fingerprint density at radius 2 is 1.82 bits per heavy atom. The molecule has 38 heavy (non-hydrogen) atoms. The van der Waals surface area contributed by atoms with E-state index in [0.717, 1.165) is 47.1 Å². The normalized spacial score (nSPS) is 15.3. The summed E-state index contributed by atoms with van der Waals surface area (Å²) in [6.45, 7) is 2.05. The van der Waals surface area contributed by atoms with Crippen molar-refractivity contribution < 1.29 is 4.39 Å². The van der Waals surface area contributed by atoms with Crippen molar-refractivity contribution in [3.05, 3.63) is 85.7 Å². The van der Waals surface area contributed by atoms with Crippen molar-refractivity contribution in [2.45, 2.75) is 12.5 Å². The Balaban J connectivity index is 0.000000278. The molecule has 0 spiro atoms. The van der Waals surface area contributed by atoms with E-state index in [1.165, 1.54) is 0 Å². The number of hydrogen-bond acceptors (Lipinski definition) is 7. The summed E-state index contributed by atoms with van der Waals surface area (Å²) in [4.78, 5) is 52.2. The highest BCUT2D eigenvalue weighted by Crippen LogP contribution is 2.30. The monoisotopic (exact) mass is 518 g/mol. The molecule has 5 aromatic rings. The molecule has 1 fully saturated rings. The number of imidazole rings is 1. The SMILES string of the molecule is CN(C)[C@H]1CCN(c2ccc3nc(-c4c(N)c5ccccc5[nH]c4=O)[nH]c3c2)C1.O=c1[nH]cc(F)c(=O)[nH]1. The van der Waals surface area contributed by atoms with Gasteiger partial charge in [-0.1, -0.05) is 18.2 Å². The molecule has 0 aliphatic carbocycles. The molecule has 12 heteroatoms. The molecule has 1 aliphatic rings. The van der Waals surface area contributed by atoms with Crippen LogP contribution in [-0.4, -0.2) is 63.0 Å². The van der Waals surface area contributed by atoms with Crippen LogP contribution in [-0.2, 0) is 0 Å². The van der Waals surface area contributed by atoms with Gasteiger partial charge in [0.2, 0.25) is 5.82 Å². The number of aromatic nitrogens is 5. The fourth-order valence-corrected chi connectivity index (χ4v) is 4.61. The number of nitrogens with two attached hydrogens (primary N) is 1. The zero-order valence-corrected chi connectivity index (χ0v) is 20.8. The highest BCUT2D eigenvalue weighted by molar-refractivity contribution is 5.97. The molecule has 2 aromatic carbocycles. The van der Waals surface area contributed by atoms with Crippen LogP contribution < -0.4 is 27.4 Å². The van der Waals surface area contributed by atoms with Gasteiger partial charge in [0.1, 0.15) is 11.4 Å². The number of nitrogens with zero attached hydrogens (tertiary/aromatic N) is 3. The van der Waals surface area contributed by atoms with Gasteiger partial charge >= 0.3 is 5.69 Å². The van der Waals surface area contributed by atoms with Crippen molar-refractivity contribution in [3.63, 3.8) is 0 Å². The molecule has 6 N–H and O–H groups in total. The van der Waals surface area contributed by atoms with E-state index in [0.29, 0.717) is 29.3 Å². The van der Waals surface area contributed by atoms with E-state index in [1.807, 2.05) is 35.3 Å². The third kappa shape index (κ3) is 4.81. The summed E-state index contributed by atoms with van der Waals surface area (Å²) in [6.07, 6.45) is 1.86. The average Bonchev–Trinajstić information content (AvgIpc) is 3.54. The number of benzene rings is 2. The van der Waals surface area contributed by atoms with E-state index < -0.39 is 17.1 Å². The minimum atomic E-state index is -1.00. The second kappa shape index (κ2) is 9.98. The van der Waals surface area contributed by atoms with Crippen molar-refractivity contribution >= 4 is 33.3 Å². The van der Waals surface area contributed by atoms with Gasteiger partial charge in [-0.2, -0.15) is 4.39 Å². The van der Waals surface area contributed by atoms with Crippen LogP contribution in [0.25, 0.3) is 33.3 Å². The Bertz CT molecular complexity index is 1800. The van der Waals surface area contributed by atoms with Gasteiger partial charge < -0.3 is 30.5 Å². The third-order valence-corrected chi connectivity index (χ3v) is 6.70. The first-order valence-electron chi connectivity index (χ1n) is 12.0. The zero-order chi connectivity index (χ0) is 27.0. The van der Waals surface area contributed by atoms with Crippen LogP contribution in [0, 0.1) is 5.82 Å². The van der Waals surface area contributed by atoms with Crippen LogP contribution in [0.15, 0.2) is 63.0 Å². The van der Waals surface area contributed by atoms with Gasteiger partial charge in [0.15, 0.2) is 0 Å². The number of rotatable bonds is 3. The molecule has 3 aromatic heterocycles. The number of halogens is 1. The van der Waals surface area contributed by atoms with E-state index in [9.17, 15) is 18.8 Å². The predicted octanol–water partition coefficient (Wildman–Crippen LogP) is 2.00. The summed E-state index contributed by atoms with van der Waals surface area (Å²) in [5.41, 5.74) is 8.84. The summed E-state index contributed by atoms with van der Waals surface area (Å²) in [6, 6.07) is 14.3. The molecule has 1 atom stereocenters. The van der Waals surface area contributed by atoms with E-state index in [2.05, 4.69) is 51.0 Å². The van der Waals surface area contributed by atoms with Gasteiger partial charge in [0.05, 0.1) is 22.2 Å². The lowest BCUT2D eigenvalue weighted by Crippen LogP contribution is -2.31. The molecule has 0 unspecified atom stereocenters. The number of aromatic amines is 4. The number of hydrogen-bond donors (Lipinski definition) is 5. The lowest BCUT2D eigenvalue weighted by Gasteiger charge is -2.21. The smallest absolute Gasteiger partial charge is 0.325 e. The second-order valence-electron chi connectivity index (χ2n) is 9.35. The third-order valence-electron chi connectivity index (χ3n) is 6.70. The number of likely N-dealkylation sites (N-methyl/N-ethyl adjacent to an activating group) is 1. The Labute approximate surface area is 215 Å². The molecule has 1 saturated heterocycles. The molecule has 196 valence electrons. The van der Waals surface area contributed by atoms with Gasteiger partial charge in [-0.15, -0.1) is 0 Å². The molecular formula is C26H27FN8O3. The molecule has 0 saturated carbocycles. The summed E-state index contributed by atoms with van der Waals surface area (Å²) >= 11 is 0. The highest BCUT2D eigenvalue weighted by atomic mass is 19.1. The number of anilines is 2. The highest BCUT2D eigenvalue weighted by Gasteiger charge is 2.24. The average molecular weight is 519 g/mol. The minimum absolute atomic E-state index is 0.242. The van der Waals surface area contributed by atoms with Crippen LogP contribution in [0.3, 0.4) is 0 Å². The maximum absolute atomic E-state index is 12.7. The summed E-state index contributed by atoms with van der Waals surface area (Å²) in [5.74, 6) is -0.496. The molecule has 6 rings (SSSR count). The molecule has 0 bridgehead atoms. The van der Waals surface area contributed by atoms with Crippen molar-refractivity contribution in [2.24, 2.45) is 0 Å². The lowest BCUT2D eigenvalue weighted by atomic mass is 10.1. The van der Waals surface area contributed by atoms with Gasteiger partial charge in [0.25, 0.3) is 11.1 Å². The first-order chi connectivity index (χ1) is 18.2. The molecule has 0 radical (unpaired) electrons. The van der Waals surface area contributed by atoms with E-state index >= 15 is 0 Å². The van der Waals surface area contributed by atoms with Crippen molar-refractivity contribution in [2.75, 3.05) is 37.8 Å². The largest absolute Gasteiger partial charge is 0.397 e. The fraction of sp³-hybridized carbons (Fsp3) is 0.231. The van der Waals surface area contributed by atoms with Crippen LogP contribution >= 0.6 is 0 Å². The number of nitrogens with one attached hydrogen (secondary N) is 4. The summed E-state index contributed by atoms with van der Waals surface area (Å²) in [5, 5.41) is 0.815. The Hall–Kier alpha value is -4.71. The minimum Gasteiger partial charge on any atom is -0.397 e. The van der Waals surface area contributed by atoms with Crippen LogP contribution in [0.2, 0.25) is 0 Å². The summed E-state index contributed by atoms with van der Waals surface area (Å²) in [7, 11) is 4.26. The first-order valence-corrected chi connectivity index (χ1v) is 12.0. The molecule has 4 heterocycles. The fourth-order valence-electron chi connectivity index (χ4n) is 4.61. The Kier molecular flexibility index (Phi) is 6.55. The number of para-hydroxylation sites is 1. The first kappa shape index (κ1) is 25.0. The number of H-pyrrole nitrogens is 4. The molecule has 0 amide bonds. The number of fused-ring (bicyclic) bond motifs is 2. The lowest BCUT2D eigenvalue weighted by molar-refractivity contribution is 0.315. The summed E-state index contributed by atoms with van der Waals surface area (Å²) < 4.78 is 12.0. The quantitative estimate of drug-likeness (QED) is 0.244.